The van der Waals surface area contributed by atoms with Crippen LogP contribution < -0.4 is 5.32 Å². The molecule has 0 radical (unpaired) electrons. The number of para-hydroxylation sites is 1. The second-order valence-electron chi connectivity index (χ2n) is 6.83. The highest BCUT2D eigenvalue weighted by Gasteiger charge is 2.33. The van der Waals surface area contributed by atoms with Crippen molar-refractivity contribution in [2.75, 3.05) is 18.4 Å². The fourth-order valence-electron chi connectivity index (χ4n) is 3.09. The van der Waals surface area contributed by atoms with E-state index in [0.717, 1.165) is 18.9 Å². The van der Waals surface area contributed by atoms with Crippen LogP contribution in [0.25, 0.3) is 0 Å². The first-order valence-electron chi connectivity index (χ1n) is 8.82. The number of hydrogen-bond donors (Lipinski definition) is 1. The molecule has 1 saturated heterocycles. The molecule has 1 aliphatic heterocycles. The minimum absolute atomic E-state index is 0.117. The molecule has 144 valence electrons. The lowest BCUT2D eigenvalue weighted by Gasteiger charge is -2.30. The van der Waals surface area contributed by atoms with Crippen LogP contribution >= 0.6 is 0 Å². The minimum Gasteiger partial charge on any atom is -0.340 e. The molecule has 2 aromatic rings. The number of nitrogens with zero attached hydrogens (tertiary/aromatic N) is 3. The van der Waals surface area contributed by atoms with E-state index < -0.39 is 11.7 Å². The number of rotatable bonds is 3. The number of carbonyl (C=O) groups excluding carboxylic acids is 1. The molecule has 1 amide bonds. The third kappa shape index (κ3) is 4.56. The van der Waals surface area contributed by atoms with Gasteiger partial charge in [0.05, 0.1) is 11.3 Å². The zero-order chi connectivity index (χ0) is 19.6. The lowest BCUT2D eigenvalue weighted by atomic mass is 9.99. The van der Waals surface area contributed by atoms with Gasteiger partial charge in [-0.15, -0.1) is 0 Å². The van der Waals surface area contributed by atoms with Crippen LogP contribution in [0.3, 0.4) is 0 Å². The minimum atomic E-state index is -4.49. The standard InChI is InChI=1S/C19H21F3N4O/c1-12-7-9-26(10-8-12)18(27)16-11-17(24-13(2)23-16)25-15-6-4-3-5-14(15)19(20,21)22/h3-6,11-12H,7-10H2,1-2H3,(H,23,24,25). The topological polar surface area (TPSA) is 58.1 Å². The molecule has 1 aromatic carbocycles. The Kier molecular flexibility index (Phi) is 5.34. The average Bonchev–Trinajstić information content (AvgIpc) is 2.61. The van der Waals surface area contributed by atoms with Crippen molar-refractivity contribution >= 4 is 17.4 Å². The monoisotopic (exact) mass is 378 g/mol. The summed E-state index contributed by atoms with van der Waals surface area (Å²) in [5, 5.41) is 2.68. The van der Waals surface area contributed by atoms with Crippen LogP contribution in [0.1, 0.15) is 41.6 Å². The lowest BCUT2D eigenvalue weighted by molar-refractivity contribution is -0.136. The summed E-state index contributed by atoms with van der Waals surface area (Å²) in [5.74, 6) is 0.836. The third-order valence-corrected chi connectivity index (χ3v) is 4.62. The van der Waals surface area contributed by atoms with Gasteiger partial charge < -0.3 is 10.2 Å². The number of aromatic nitrogens is 2. The van der Waals surface area contributed by atoms with Gasteiger partial charge in [0.2, 0.25) is 0 Å². The lowest BCUT2D eigenvalue weighted by Crippen LogP contribution is -2.38. The highest BCUT2D eigenvalue weighted by atomic mass is 19.4. The van der Waals surface area contributed by atoms with Gasteiger partial charge in [0, 0.05) is 19.2 Å². The highest BCUT2D eigenvalue weighted by molar-refractivity contribution is 5.93. The van der Waals surface area contributed by atoms with Crippen molar-refractivity contribution < 1.29 is 18.0 Å². The number of hydrogen-bond acceptors (Lipinski definition) is 4. The molecule has 0 bridgehead atoms. The number of benzene rings is 1. The predicted octanol–water partition coefficient (Wildman–Crippen LogP) is 4.42. The van der Waals surface area contributed by atoms with E-state index in [-0.39, 0.29) is 23.1 Å². The van der Waals surface area contributed by atoms with Crippen molar-refractivity contribution in [1.82, 2.24) is 14.9 Å². The van der Waals surface area contributed by atoms with Crippen molar-refractivity contribution in [2.45, 2.75) is 32.9 Å². The molecular weight excluding hydrogens is 357 g/mol. The maximum absolute atomic E-state index is 13.2. The zero-order valence-electron chi connectivity index (χ0n) is 15.2. The molecule has 8 heteroatoms. The van der Waals surface area contributed by atoms with Gasteiger partial charge in [-0.2, -0.15) is 13.2 Å². The molecule has 2 heterocycles. The normalized spacial score (nSPS) is 15.7. The summed E-state index contributed by atoms with van der Waals surface area (Å²) in [6.07, 6.45) is -2.63. The summed E-state index contributed by atoms with van der Waals surface area (Å²) in [6, 6.07) is 6.56. The molecule has 1 aromatic heterocycles. The smallest absolute Gasteiger partial charge is 0.340 e. The van der Waals surface area contributed by atoms with Crippen LogP contribution in [0, 0.1) is 12.8 Å². The van der Waals surface area contributed by atoms with E-state index in [2.05, 4.69) is 22.2 Å². The molecule has 0 atom stereocenters. The first-order valence-corrected chi connectivity index (χ1v) is 8.82. The van der Waals surface area contributed by atoms with Gasteiger partial charge in [-0.25, -0.2) is 9.97 Å². The van der Waals surface area contributed by atoms with Crippen LogP contribution in [0.5, 0.6) is 0 Å². The van der Waals surface area contributed by atoms with Crippen molar-refractivity contribution in [3.05, 3.63) is 47.4 Å². The Balaban J connectivity index is 1.86. The fraction of sp³-hybridized carbons (Fsp3) is 0.421. The quantitative estimate of drug-likeness (QED) is 0.859. The van der Waals surface area contributed by atoms with Crippen LogP contribution in [0.15, 0.2) is 30.3 Å². The number of amides is 1. The van der Waals surface area contributed by atoms with E-state index in [9.17, 15) is 18.0 Å². The molecule has 5 nitrogen and oxygen atoms in total. The van der Waals surface area contributed by atoms with Crippen LogP contribution in [0.4, 0.5) is 24.7 Å². The van der Waals surface area contributed by atoms with E-state index in [0.29, 0.717) is 24.8 Å². The third-order valence-electron chi connectivity index (χ3n) is 4.62. The van der Waals surface area contributed by atoms with Gasteiger partial charge >= 0.3 is 6.18 Å². The van der Waals surface area contributed by atoms with E-state index >= 15 is 0 Å². The Morgan fingerprint density at radius 3 is 2.52 bits per heavy atom. The Bertz CT molecular complexity index is 830. The second-order valence-corrected chi connectivity index (χ2v) is 6.83. The van der Waals surface area contributed by atoms with Crippen molar-refractivity contribution in [1.29, 1.82) is 0 Å². The van der Waals surface area contributed by atoms with Crippen molar-refractivity contribution in [3.63, 3.8) is 0 Å². The number of aryl methyl sites for hydroxylation is 1. The summed E-state index contributed by atoms with van der Waals surface area (Å²) < 4.78 is 39.5. The maximum atomic E-state index is 13.2. The van der Waals surface area contributed by atoms with Gasteiger partial charge in [0.1, 0.15) is 17.3 Å². The first kappa shape index (κ1) is 19.1. The van der Waals surface area contributed by atoms with Crippen LogP contribution in [-0.2, 0) is 6.18 Å². The van der Waals surface area contributed by atoms with Crippen LogP contribution in [-0.4, -0.2) is 33.9 Å². The van der Waals surface area contributed by atoms with Crippen molar-refractivity contribution in [3.8, 4) is 0 Å². The second kappa shape index (κ2) is 7.54. The predicted molar refractivity (Wildman–Crippen MR) is 95.8 cm³/mol. The molecule has 0 unspecified atom stereocenters. The van der Waals surface area contributed by atoms with Crippen molar-refractivity contribution in [2.24, 2.45) is 5.92 Å². The fourth-order valence-corrected chi connectivity index (χ4v) is 3.09. The average molecular weight is 378 g/mol. The molecule has 27 heavy (non-hydrogen) atoms. The van der Waals surface area contributed by atoms with Gasteiger partial charge in [0.25, 0.3) is 5.91 Å². The number of halogens is 3. The Labute approximate surface area is 155 Å². The summed E-state index contributed by atoms with van der Waals surface area (Å²) in [7, 11) is 0. The Morgan fingerprint density at radius 2 is 1.85 bits per heavy atom. The van der Waals surface area contributed by atoms with Gasteiger partial charge in [0.15, 0.2) is 0 Å². The molecule has 1 fully saturated rings. The summed E-state index contributed by atoms with van der Waals surface area (Å²) in [5.41, 5.74) is -0.725. The SMILES string of the molecule is Cc1nc(Nc2ccccc2C(F)(F)F)cc(C(=O)N2CCC(C)CC2)n1. The van der Waals surface area contributed by atoms with Crippen LogP contribution in [0.2, 0.25) is 0 Å². The molecule has 3 rings (SSSR count). The molecule has 1 aliphatic rings. The summed E-state index contributed by atoms with van der Waals surface area (Å²) in [6.45, 7) is 5.07. The number of nitrogens with one attached hydrogen (secondary N) is 1. The Hall–Kier alpha value is -2.64. The molecule has 0 saturated carbocycles. The molecule has 0 spiro atoms. The molecule has 0 aliphatic carbocycles. The Morgan fingerprint density at radius 1 is 1.19 bits per heavy atom. The largest absolute Gasteiger partial charge is 0.418 e. The number of carbonyl (C=O) groups is 1. The van der Waals surface area contributed by atoms with Gasteiger partial charge in [-0.3, -0.25) is 4.79 Å². The molecular formula is C19H21F3N4O. The summed E-state index contributed by atoms with van der Waals surface area (Å²) in [4.78, 5) is 22.8. The number of anilines is 2. The zero-order valence-corrected chi connectivity index (χ0v) is 15.2. The molecule has 1 N–H and O–H groups in total. The van der Waals surface area contributed by atoms with E-state index in [1.165, 1.54) is 24.3 Å². The van der Waals surface area contributed by atoms with Gasteiger partial charge in [-0.1, -0.05) is 19.1 Å². The number of likely N-dealkylation sites (tertiary alicyclic amines) is 1. The summed E-state index contributed by atoms with van der Waals surface area (Å²) >= 11 is 0. The van der Waals surface area contributed by atoms with Gasteiger partial charge in [-0.05, 0) is 37.8 Å². The van der Waals surface area contributed by atoms with E-state index in [4.69, 9.17) is 0 Å². The number of piperidine rings is 1. The highest BCUT2D eigenvalue weighted by Crippen LogP contribution is 2.35. The maximum Gasteiger partial charge on any atom is 0.418 e. The first-order chi connectivity index (χ1) is 12.7. The van der Waals surface area contributed by atoms with E-state index in [1.807, 2.05) is 0 Å². The van der Waals surface area contributed by atoms with E-state index in [1.54, 1.807) is 11.8 Å². The number of alkyl halides is 3.